The van der Waals surface area contributed by atoms with Crippen LogP contribution in [-0.2, 0) is 9.47 Å². The molecule has 0 spiro atoms. The van der Waals surface area contributed by atoms with Crippen molar-refractivity contribution in [1.29, 1.82) is 0 Å². The van der Waals surface area contributed by atoms with Gasteiger partial charge in [0.25, 0.3) is 0 Å². The van der Waals surface area contributed by atoms with E-state index >= 15 is 0 Å². The van der Waals surface area contributed by atoms with Crippen molar-refractivity contribution in [3.63, 3.8) is 0 Å². The Balaban J connectivity index is 1.76. The lowest BCUT2D eigenvalue weighted by Gasteiger charge is -2.38. The van der Waals surface area contributed by atoms with Gasteiger partial charge in [0.05, 0.1) is 0 Å². The van der Waals surface area contributed by atoms with Crippen molar-refractivity contribution in [2.75, 3.05) is 26.4 Å². The van der Waals surface area contributed by atoms with E-state index in [0.29, 0.717) is 5.41 Å². The summed E-state index contributed by atoms with van der Waals surface area (Å²) in [6, 6.07) is 0. The maximum atomic E-state index is 5.51. The average Bonchev–Trinajstić information content (AvgIpc) is 2.91. The highest BCUT2D eigenvalue weighted by Crippen LogP contribution is 2.40. The van der Waals surface area contributed by atoms with Crippen molar-refractivity contribution < 1.29 is 9.47 Å². The first kappa shape index (κ1) is 14.3. The minimum absolute atomic E-state index is 0.484. The van der Waals surface area contributed by atoms with Crippen LogP contribution in [0.15, 0.2) is 0 Å². The molecule has 0 aromatic rings. The van der Waals surface area contributed by atoms with Gasteiger partial charge in [-0.1, -0.05) is 20.8 Å². The number of hydrogen-bond donors (Lipinski definition) is 0. The fourth-order valence-electron chi connectivity index (χ4n) is 3.52. The molecule has 2 aliphatic rings. The monoisotopic (exact) mass is 254 g/mol. The maximum absolute atomic E-state index is 5.51. The van der Waals surface area contributed by atoms with E-state index in [9.17, 15) is 0 Å². The molecule has 2 heteroatoms. The molecule has 0 N–H and O–H groups in total. The van der Waals surface area contributed by atoms with Gasteiger partial charge in [0, 0.05) is 26.4 Å². The Labute approximate surface area is 112 Å². The van der Waals surface area contributed by atoms with Crippen LogP contribution in [-0.4, -0.2) is 26.4 Å². The molecule has 2 rings (SSSR count). The van der Waals surface area contributed by atoms with Gasteiger partial charge in [-0.05, 0) is 55.3 Å². The molecule has 18 heavy (non-hydrogen) atoms. The highest BCUT2D eigenvalue weighted by Gasteiger charge is 2.32. The second-order valence-corrected chi connectivity index (χ2v) is 7.01. The average molecular weight is 254 g/mol. The zero-order valence-electron chi connectivity index (χ0n) is 12.4. The zero-order valence-corrected chi connectivity index (χ0v) is 12.4. The summed E-state index contributed by atoms with van der Waals surface area (Å²) in [7, 11) is 0. The molecule has 0 bridgehead atoms. The molecule has 2 unspecified atom stereocenters. The van der Waals surface area contributed by atoms with Gasteiger partial charge in [-0.25, -0.2) is 0 Å². The summed E-state index contributed by atoms with van der Waals surface area (Å²) in [4.78, 5) is 0. The van der Waals surface area contributed by atoms with Crippen molar-refractivity contribution in [1.82, 2.24) is 0 Å². The van der Waals surface area contributed by atoms with Gasteiger partial charge in [-0.15, -0.1) is 0 Å². The molecule has 2 nitrogen and oxygen atoms in total. The van der Waals surface area contributed by atoms with Gasteiger partial charge >= 0.3 is 0 Å². The Bertz CT molecular complexity index is 237. The van der Waals surface area contributed by atoms with E-state index in [1.165, 1.54) is 32.1 Å². The van der Waals surface area contributed by atoms with Crippen molar-refractivity contribution in [3.05, 3.63) is 0 Å². The Morgan fingerprint density at radius 1 is 1.06 bits per heavy atom. The van der Waals surface area contributed by atoms with E-state index < -0.39 is 0 Å². The van der Waals surface area contributed by atoms with Crippen LogP contribution in [0.5, 0.6) is 0 Å². The first-order valence-corrected chi connectivity index (χ1v) is 7.75. The molecular formula is C16H30O2. The molecule has 0 radical (unpaired) electrons. The Morgan fingerprint density at radius 2 is 1.72 bits per heavy atom. The Hall–Kier alpha value is -0.0800. The van der Waals surface area contributed by atoms with Crippen LogP contribution in [0.3, 0.4) is 0 Å². The third-order valence-electron chi connectivity index (χ3n) is 5.34. The molecule has 2 fully saturated rings. The minimum atomic E-state index is 0.484. The van der Waals surface area contributed by atoms with E-state index in [1.807, 2.05) is 0 Å². The predicted molar refractivity (Wildman–Crippen MR) is 74.6 cm³/mol. The third kappa shape index (κ3) is 3.71. The Kier molecular flexibility index (Phi) is 5.08. The fourth-order valence-corrected chi connectivity index (χ4v) is 3.52. The smallest absolute Gasteiger partial charge is 0.0497 e. The molecule has 2 aliphatic heterocycles. The largest absolute Gasteiger partial charge is 0.381 e. The van der Waals surface area contributed by atoms with Crippen molar-refractivity contribution in [2.45, 2.75) is 52.9 Å². The quantitative estimate of drug-likeness (QED) is 0.741. The summed E-state index contributed by atoms with van der Waals surface area (Å²) in [5.41, 5.74) is 0.484. The van der Waals surface area contributed by atoms with Gasteiger partial charge in [0.1, 0.15) is 0 Å². The SMILES string of the molecule is CC(CCC(C)(C)C1CCOCC1)C1CCOC1. The molecule has 0 aliphatic carbocycles. The molecule has 0 amide bonds. The van der Waals surface area contributed by atoms with E-state index in [0.717, 1.165) is 44.2 Å². The predicted octanol–water partition coefficient (Wildman–Crippen LogP) is 3.89. The maximum Gasteiger partial charge on any atom is 0.0497 e. The molecule has 0 aromatic heterocycles. The van der Waals surface area contributed by atoms with Crippen LogP contribution in [0.1, 0.15) is 52.9 Å². The lowest BCUT2D eigenvalue weighted by Crippen LogP contribution is -2.30. The summed E-state index contributed by atoms with van der Waals surface area (Å²) < 4.78 is 11.0. The van der Waals surface area contributed by atoms with E-state index in [1.54, 1.807) is 0 Å². The van der Waals surface area contributed by atoms with Crippen molar-refractivity contribution in [2.24, 2.45) is 23.2 Å². The summed E-state index contributed by atoms with van der Waals surface area (Å²) >= 11 is 0. The van der Waals surface area contributed by atoms with E-state index in [-0.39, 0.29) is 0 Å². The fraction of sp³-hybridized carbons (Fsp3) is 1.00. The number of hydrogen-bond acceptors (Lipinski definition) is 2. The summed E-state index contributed by atoms with van der Waals surface area (Å²) in [6.45, 7) is 11.3. The van der Waals surface area contributed by atoms with Crippen LogP contribution >= 0.6 is 0 Å². The molecule has 2 saturated heterocycles. The van der Waals surface area contributed by atoms with Gasteiger partial charge < -0.3 is 9.47 Å². The van der Waals surface area contributed by atoms with Gasteiger partial charge in [-0.2, -0.15) is 0 Å². The summed E-state index contributed by atoms with van der Waals surface area (Å²) in [5, 5.41) is 0. The van der Waals surface area contributed by atoms with Crippen LogP contribution in [0, 0.1) is 23.2 Å². The normalized spacial score (nSPS) is 28.5. The molecule has 0 saturated carbocycles. The molecule has 106 valence electrons. The standard InChI is InChI=1S/C16H30O2/c1-13(14-5-9-18-12-14)4-8-16(2,3)15-6-10-17-11-7-15/h13-15H,4-12H2,1-3H3. The topological polar surface area (TPSA) is 18.5 Å². The van der Waals surface area contributed by atoms with Crippen LogP contribution in [0.2, 0.25) is 0 Å². The summed E-state index contributed by atoms with van der Waals surface area (Å²) in [5.74, 6) is 2.50. The molecule has 2 heterocycles. The third-order valence-corrected chi connectivity index (χ3v) is 5.34. The minimum Gasteiger partial charge on any atom is -0.381 e. The van der Waals surface area contributed by atoms with E-state index in [4.69, 9.17) is 9.47 Å². The summed E-state index contributed by atoms with van der Waals surface area (Å²) in [6.07, 6.45) is 6.51. The lowest BCUT2D eigenvalue weighted by atomic mass is 9.70. The van der Waals surface area contributed by atoms with Crippen LogP contribution in [0.4, 0.5) is 0 Å². The number of rotatable bonds is 5. The highest BCUT2D eigenvalue weighted by atomic mass is 16.5. The highest BCUT2D eigenvalue weighted by molar-refractivity contribution is 4.82. The van der Waals surface area contributed by atoms with E-state index in [2.05, 4.69) is 20.8 Å². The van der Waals surface area contributed by atoms with Crippen molar-refractivity contribution in [3.8, 4) is 0 Å². The van der Waals surface area contributed by atoms with Crippen LogP contribution in [0.25, 0.3) is 0 Å². The van der Waals surface area contributed by atoms with Crippen molar-refractivity contribution >= 4 is 0 Å². The molecule has 2 atom stereocenters. The van der Waals surface area contributed by atoms with Gasteiger partial charge in [-0.3, -0.25) is 0 Å². The van der Waals surface area contributed by atoms with Gasteiger partial charge in [0.15, 0.2) is 0 Å². The first-order valence-electron chi connectivity index (χ1n) is 7.75. The molecule has 0 aromatic carbocycles. The second kappa shape index (κ2) is 6.38. The zero-order chi connectivity index (χ0) is 13.0. The second-order valence-electron chi connectivity index (χ2n) is 7.01. The van der Waals surface area contributed by atoms with Crippen LogP contribution < -0.4 is 0 Å². The Morgan fingerprint density at radius 3 is 2.33 bits per heavy atom. The number of ether oxygens (including phenoxy) is 2. The first-order chi connectivity index (χ1) is 8.59. The van der Waals surface area contributed by atoms with Gasteiger partial charge in [0.2, 0.25) is 0 Å². The lowest BCUT2D eigenvalue weighted by molar-refractivity contribution is 0.0168. The molecular weight excluding hydrogens is 224 g/mol.